The molecule has 1 saturated heterocycles. The number of hydrogen-bond acceptors (Lipinski definition) is 5. The Balaban J connectivity index is 1.93. The van der Waals surface area contributed by atoms with Crippen molar-refractivity contribution in [3.05, 3.63) is 59.2 Å². The summed E-state index contributed by atoms with van der Waals surface area (Å²) in [4.78, 5) is 25.6. The van der Waals surface area contributed by atoms with E-state index in [0.717, 1.165) is 11.1 Å². The van der Waals surface area contributed by atoms with Gasteiger partial charge in [0.2, 0.25) is 5.91 Å². The molecule has 154 valence electrons. The lowest BCUT2D eigenvalue weighted by Crippen LogP contribution is -2.44. The molecule has 0 spiro atoms. The summed E-state index contributed by atoms with van der Waals surface area (Å²) in [7, 11) is 1.32. The zero-order chi connectivity index (χ0) is 20.9. The van der Waals surface area contributed by atoms with Gasteiger partial charge in [-0.3, -0.25) is 4.79 Å². The number of esters is 1. The van der Waals surface area contributed by atoms with Crippen LogP contribution < -0.4 is 10.1 Å². The third kappa shape index (κ3) is 4.43. The van der Waals surface area contributed by atoms with Crippen LogP contribution >= 0.6 is 0 Å². The highest BCUT2D eigenvalue weighted by Crippen LogP contribution is 2.37. The monoisotopic (exact) mass is 397 g/mol. The summed E-state index contributed by atoms with van der Waals surface area (Å²) in [6, 6.07) is 13.1. The molecule has 1 fully saturated rings. The number of ether oxygens (including phenoxy) is 3. The van der Waals surface area contributed by atoms with E-state index >= 15 is 0 Å². The molecule has 0 bridgehead atoms. The molecule has 0 aromatic heterocycles. The summed E-state index contributed by atoms with van der Waals surface area (Å²) in [5.74, 6) is -0.188. The molecule has 0 saturated carbocycles. The molecule has 29 heavy (non-hydrogen) atoms. The van der Waals surface area contributed by atoms with Crippen LogP contribution in [0.5, 0.6) is 5.75 Å². The van der Waals surface area contributed by atoms with Gasteiger partial charge in [0.1, 0.15) is 11.3 Å². The number of anilines is 1. The number of aryl methyl sites for hydroxylation is 1. The van der Waals surface area contributed by atoms with Gasteiger partial charge in [0.05, 0.1) is 19.1 Å². The van der Waals surface area contributed by atoms with Crippen molar-refractivity contribution >= 4 is 17.6 Å². The van der Waals surface area contributed by atoms with Gasteiger partial charge in [0, 0.05) is 18.9 Å². The smallest absolute Gasteiger partial charge is 0.341 e. The Morgan fingerprint density at radius 1 is 1.14 bits per heavy atom. The quantitative estimate of drug-likeness (QED) is 0.749. The Hall–Kier alpha value is -2.86. The normalized spacial score (nSPS) is 15.4. The van der Waals surface area contributed by atoms with Gasteiger partial charge in [-0.05, 0) is 50.5 Å². The van der Waals surface area contributed by atoms with Crippen molar-refractivity contribution in [2.24, 2.45) is 0 Å². The lowest BCUT2D eigenvalue weighted by atomic mass is 9.73. The Labute approximate surface area is 171 Å². The minimum absolute atomic E-state index is 0.105. The van der Waals surface area contributed by atoms with Crippen molar-refractivity contribution in [1.82, 2.24) is 0 Å². The van der Waals surface area contributed by atoms with Crippen LogP contribution in [0.4, 0.5) is 5.69 Å². The minimum Gasteiger partial charge on any atom is -0.493 e. The first-order chi connectivity index (χ1) is 14.0. The maximum atomic E-state index is 13.4. The second kappa shape index (κ2) is 9.09. The first kappa shape index (κ1) is 20.9. The largest absolute Gasteiger partial charge is 0.493 e. The number of carbonyl (C=O) groups excluding carboxylic acids is 2. The van der Waals surface area contributed by atoms with E-state index in [-0.39, 0.29) is 11.5 Å². The first-order valence-corrected chi connectivity index (χ1v) is 9.81. The fourth-order valence-corrected chi connectivity index (χ4v) is 3.72. The van der Waals surface area contributed by atoms with Crippen molar-refractivity contribution in [1.29, 1.82) is 0 Å². The predicted octanol–water partition coefficient (Wildman–Crippen LogP) is 3.87. The van der Waals surface area contributed by atoms with E-state index in [0.29, 0.717) is 44.1 Å². The molecule has 3 rings (SSSR count). The first-order valence-electron chi connectivity index (χ1n) is 9.81. The molecule has 0 unspecified atom stereocenters. The summed E-state index contributed by atoms with van der Waals surface area (Å²) in [5, 5.41) is 3.00. The van der Waals surface area contributed by atoms with Gasteiger partial charge in [-0.15, -0.1) is 0 Å². The molecule has 1 amide bonds. The fraction of sp³-hybridized carbons (Fsp3) is 0.391. The number of carbonyl (C=O) groups is 2. The Morgan fingerprint density at radius 2 is 1.90 bits per heavy atom. The molecule has 0 radical (unpaired) electrons. The van der Waals surface area contributed by atoms with Crippen LogP contribution in [0.3, 0.4) is 0 Å². The highest BCUT2D eigenvalue weighted by Gasteiger charge is 2.41. The maximum Gasteiger partial charge on any atom is 0.341 e. The summed E-state index contributed by atoms with van der Waals surface area (Å²) in [6.07, 6.45) is 1.20. The second-order valence-corrected chi connectivity index (χ2v) is 7.15. The van der Waals surface area contributed by atoms with Crippen molar-refractivity contribution in [3.8, 4) is 5.75 Å². The maximum absolute atomic E-state index is 13.4. The minimum atomic E-state index is -0.672. The number of benzene rings is 2. The number of amides is 1. The molecule has 1 heterocycles. The summed E-state index contributed by atoms with van der Waals surface area (Å²) < 4.78 is 15.9. The molecule has 1 N–H and O–H groups in total. The van der Waals surface area contributed by atoms with E-state index in [1.165, 1.54) is 7.11 Å². The Bertz CT molecular complexity index is 887. The van der Waals surface area contributed by atoms with E-state index < -0.39 is 11.4 Å². The van der Waals surface area contributed by atoms with Gasteiger partial charge < -0.3 is 19.5 Å². The van der Waals surface area contributed by atoms with Crippen LogP contribution in [0.15, 0.2) is 42.5 Å². The molecule has 6 heteroatoms. The standard InChI is InChI=1S/C23H27NO5/c1-4-29-20-9-8-18(15-19(20)21(25)27-3)24-22(26)23(10-12-28-13-11-23)17-7-5-6-16(2)14-17/h5-9,14-15H,4,10-13H2,1-3H3,(H,24,26). The zero-order valence-electron chi connectivity index (χ0n) is 17.1. The van der Waals surface area contributed by atoms with Crippen molar-refractivity contribution in [2.45, 2.75) is 32.1 Å². The lowest BCUT2D eigenvalue weighted by Gasteiger charge is -2.36. The SMILES string of the molecule is CCOc1ccc(NC(=O)C2(c3cccc(C)c3)CCOCC2)cc1C(=O)OC. The van der Waals surface area contributed by atoms with Crippen LogP contribution in [0.2, 0.25) is 0 Å². The van der Waals surface area contributed by atoms with Crippen LogP contribution in [-0.2, 0) is 19.7 Å². The van der Waals surface area contributed by atoms with Gasteiger partial charge >= 0.3 is 5.97 Å². The third-order valence-corrected chi connectivity index (χ3v) is 5.29. The van der Waals surface area contributed by atoms with Crippen LogP contribution in [0.25, 0.3) is 0 Å². The second-order valence-electron chi connectivity index (χ2n) is 7.15. The Kier molecular flexibility index (Phi) is 6.54. The number of methoxy groups -OCH3 is 1. The average Bonchev–Trinajstić information content (AvgIpc) is 2.74. The zero-order valence-corrected chi connectivity index (χ0v) is 17.1. The van der Waals surface area contributed by atoms with Crippen molar-refractivity contribution in [2.75, 3.05) is 32.2 Å². The molecule has 1 aliphatic rings. The van der Waals surface area contributed by atoms with E-state index in [1.807, 2.05) is 32.0 Å². The average molecular weight is 397 g/mol. The van der Waals surface area contributed by atoms with Crippen LogP contribution in [-0.4, -0.2) is 38.8 Å². The molecule has 6 nitrogen and oxygen atoms in total. The number of rotatable bonds is 6. The topological polar surface area (TPSA) is 73.9 Å². The summed E-state index contributed by atoms with van der Waals surface area (Å²) in [5.41, 5.74) is 2.22. The van der Waals surface area contributed by atoms with E-state index in [2.05, 4.69) is 11.4 Å². The van der Waals surface area contributed by atoms with E-state index in [4.69, 9.17) is 14.2 Å². The van der Waals surface area contributed by atoms with Crippen LogP contribution in [0.1, 0.15) is 41.3 Å². The van der Waals surface area contributed by atoms with Crippen molar-refractivity contribution < 1.29 is 23.8 Å². The van der Waals surface area contributed by atoms with Crippen molar-refractivity contribution in [3.63, 3.8) is 0 Å². The Morgan fingerprint density at radius 3 is 2.55 bits per heavy atom. The molecular formula is C23H27NO5. The highest BCUT2D eigenvalue weighted by molar-refractivity contribution is 6.01. The van der Waals surface area contributed by atoms with Crippen LogP contribution in [0, 0.1) is 6.92 Å². The lowest BCUT2D eigenvalue weighted by molar-refractivity contribution is -0.125. The molecular weight excluding hydrogens is 370 g/mol. The van der Waals surface area contributed by atoms with E-state index in [1.54, 1.807) is 18.2 Å². The predicted molar refractivity (Wildman–Crippen MR) is 110 cm³/mol. The molecule has 2 aromatic rings. The summed E-state index contributed by atoms with van der Waals surface area (Å²) in [6.45, 7) is 5.33. The van der Waals surface area contributed by atoms with Gasteiger partial charge in [0.15, 0.2) is 0 Å². The van der Waals surface area contributed by atoms with Gasteiger partial charge in [-0.25, -0.2) is 4.79 Å². The van der Waals surface area contributed by atoms with E-state index in [9.17, 15) is 9.59 Å². The molecule has 0 atom stereocenters. The van der Waals surface area contributed by atoms with Gasteiger partial charge in [0.25, 0.3) is 0 Å². The fourth-order valence-electron chi connectivity index (χ4n) is 3.72. The summed E-state index contributed by atoms with van der Waals surface area (Å²) >= 11 is 0. The number of hydrogen-bond donors (Lipinski definition) is 1. The molecule has 2 aromatic carbocycles. The number of nitrogens with one attached hydrogen (secondary N) is 1. The molecule has 1 aliphatic heterocycles. The van der Waals surface area contributed by atoms with Gasteiger partial charge in [-0.1, -0.05) is 29.8 Å². The third-order valence-electron chi connectivity index (χ3n) is 5.29. The highest BCUT2D eigenvalue weighted by atomic mass is 16.5. The molecule has 0 aliphatic carbocycles. The van der Waals surface area contributed by atoms with Gasteiger partial charge in [-0.2, -0.15) is 0 Å².